The minimum atomic E-state index is 0.138. The van der Waals surface area contributed by atoms with Crippen LogP contribution in [0, 0.1) is 6.92 Å². The Morgan fingerprint density at radius 1 is 1.20 bits per heavy atom. The van der Waals surface area contributed by atoms with E-state index < -0.39 is 0 Å². The number of hydrogen-bond acceptors (Lipinski definition) is 5. The highest BCUT2D eigenvalue weighted by Crippen LogP contribution is 2.32. The zero-order valence-corrected chi connectivity index (χ0v) is 15.2. The largest absolute Gasteiger partial charge is 0.294 e. The van der Waals surface area contributed by atoms with Gasteiger partial charge in [-0.05, 0) is 31.2 Å². The number of fused-ring (bicyclic) bond motifs is 2. The van der Waals surface area contributed by atoms with Gasteiger partial charge in [-0.25, -0.2) is 9.50 Å². The van der Waals surface area contributed by atoms with Crippen LogP contribution < -0.4 is 0 Å². The Hall–Kier alpha value is -2.21. The Labute approximate surface area is 150 Å². The summed E-state index contributed by atoms with van der Waals surface area (Å²) in [6.07, 6.45) is 4.16. The highest BCUT2D eigenvalue weighted by molar-refractivity contribution is 7.99. The van der Waals surface area contributed by atoms with E-state index >= 15 is 0 Å². The first-order valence-corrected chi connectivity index (χ1v) is 9.61. The normalized spacial score (nSPS) is 17.0. The van der Waals surface area contributed by atoms with Crippen LogP contribution in [0.1, 0.15) is 52.9 Å². The van der Waals surface area contributed by atoms with Gasteiger partial charge in [0, 0.05) is 18.4 Å². The minimum Gasteiger partial charge on any atom is -0.294 e. The molecule has 0 saturated heterocycles. The second kappa shape index (κ2) is 6.59. The molecule has 4 rings (SSSR count). The number of aryl methyl sites for hydroxylation is 1. The summed E-state index contributed by atoms with van der Waals surface area (Å²) >= 11 is 1.62. The van der Waals surface area contributed by atoms with Crippen LogP contribution in [-0.2, 0) is 6.42 Å². The second-order valence-corrected chi connectivity index (χ2v) is 7.59. The van der Waals surface area contributed by atoms with E-state index in [0.29, 0.717) is 17.8 Å². The van der Waals surface area contributed by atoms with Crippen LogP contribution in [0.5, 0.6) is 0 Å². The van der Waals surface area contributed by atoms with Gasteiger partial charge in [0.2, 0.25) is 5.16 Å². The van der Waals surface area contributed by atoms with E-state index in [2.05, 4.69) is 53.2 Å². The van der Waals surface area contributed by atoms with Crippen molar-refractivity contribution in [2.24, 2.45) is 0 Å². The average molecular weight is 352 g/mol. The number of ketones is 1. The number of thioether (sulfide) groups is 1. The standard InChI is InChI=1S/C19H20N4OS/c1-3-8-25-19-21-18-20-16-9-14(13-6-4-12(2)5-7-13)10-17(24)15(16)11-23(18)22-19/h4-7,11,14H,3,8-10H2,1-2H3/t14-/m1/s1. The first-order chi connectivity index (χ1) is 12.1. The van der Waals surface area contributed by atoms with Gasteiger partial charge in [0.05, 0.1) is 11.3 Å². The van der Waals surface area contributed by atoms with E-state index in [1.807, 2.05) is 0 Å². The van der Waals surface area contributed by atoms with Gasteiger partial charge in [0.15, 0.2) is 5.78 Å². The van der Waals surface area contributed by atoms with Gasteiger partial charge in [-0.3, -0.25) is 4.79 Å². The molecule has 0 radical (unpaired) electrons. The summed E-state index contributed by atoms with van der Waals surface area (Å²) in [5, 5.41) is 5.15. The molecular formula is C19H20N4OS. The van der Waals surface area contributed by atoms with E-state index in [1.165, 1.54) is 11.1 Å². The third-order valence-corrected chi connectivity index (χ3v) is 5.59. The summed E-state index contributed by atoms with van der Waals surface area (Å²) in [6, 6.07) is 8.43. The molecule has 2 aromatic heterocycles. The molecule has 1 atom stereocenters. The van der Waals surface area contributed by atoms with Crippen molar-refractivity contribution in [1.29, 1.82) is 0 Å². The van der Waals surface area contributed by atoms with Crippen molar-refractivity contribution in [3.8, 4) is 0 Å². The molecule has 3 aromatic rings. The van der Waals surface area contributed by atoms with Crippen molar-refractivity contribution >= 4 is 23.3 Å². The molecule has 0 aliphatic heterocycles. The fourth-order valence-electron chi connectivity index (χ4n) is 3.19. The minimum absolute atomic E-state index is 0.138. The fourth-order valence-corrected chi connectivity index (χ4v) is 3.87. The molecule has 0 bridgehead atoms. The molecule has 2 heterocycles. The van der Waals surface area contributed by atoms with Gasteiger partial charge in [-0.1, -0.05) is 48.5 Å². The third-order valence-electron chi connectivity index (χ3n) is 4.55. The molecule has 0 N–H and O–H groups in total. The fraction of sp³-hybridized carbons (Fsp3) is 0.368. The van der Waals surface area contributed by atoms with E-state index in [0.717, 1.165) is 29.4 Å². The maximum atomic E-state index is 12.7. The Bertz CT molecular complexity index is 932. The number of Topliss-reactive ketones (excluding diaryl/α,β-unsaturated/α-hetero) is 1. The molecule has 128 valence electrons. The summed E-state index contributed by atoms with van der Waals surface area (Å²) < 4.78 is 1.64. The van der Waals surface area contributed by atoms with Crippen LogP contribution in [0.15, 0.2) is 35.6 Å². The topological polar surface area (TPSA) is 60.1 Å². The summed E-state index contributed by atoms with van der Waals surface area (Å²) in [4.78, 5) is 21.8. The molecular weight excluding hydrogens is 332 g/mol. The molecule has 0 spiro atoms. The van der Waals surface area contributed by atoms with Crippen LogP contribution in [0.4, 0.5) is 0 Å². The van der Waals surface area contributed by atoms with E-state index in [1.54, 1.807) is 22.5 Å². The van der Waals surface area contributed by atoms with Crippen molar-refractivity contribution in [2.45, 2.75) is 44.2 Å². The first-order valence-electron chi connectivity index (χ1n) is 8.63. The highest BCUT2D eigenvalue weighted by atomic mass is 32.2. The number of hydrogen-bond donors (Lipinski definition) is 0. The van der Waals surface area contributed by atoms with Gasteiger partial charge >= 0.3 is 0 Å². The van der Waals surface area contributed by atoms with Crippen LogP contribution in [-0.4, -0.2) is 31.1 Å². The summed E-state index contributed by atoms with van der Waals surface area (Å²) in [7, 11) is 0. The molecule has 6 heteroatoms. The van der Waals surface area contributed by atoms with E-state index in [4.69, 9.17) is 0 Å². The van der Waals surface area contributed by atoms with E-state index in [9.17, 15) is 4.79 Å². The Balaban J connectivity index is 1.67. The van der Waals surface area contributed by atoms with Crippen LogP contribution in [0.25, 0.3) is 5.78 Å². The predicted octanol–water partition coefficient (Wildman–Crippen LogP) is 3.85. The molecule has 0 amide bonds. The lowest BCUT2D eigenvalue weighted by Crippen LogP contribution is -2.21. The second-order valence-electron chi connectivity index (χ2n) is 6.53. The van der Waals surface area contributed by atoms with Crippen molar-refractivity contribution < 1.29 is 4.79 Å². The number of carbonyl (C=O) groups excluding carboxylic acids is 1. The van der Waals surface area contributed by atoms with Crippen LogP contribution >= 0.6 is 11.8 Å². The van der Waals surface area contributed by atoms with Gasteiger partial charge < -0.3 is 0 Å². The average Bonchev–Trinajstić information content (AvgIpc) is 3.00. The Kier molecular flexibility index (Phi) is 4.29. The molecule has 1 aromatic carbocycles. The van der Waals surface area contributed by atoms with E-state index in [-0.39, 0.29) is 11.7 Å². The van der Waals surface area contributed by atoms with Gasteiger partial charge in [0.25, 0.3) is 5.78 Å². The smallest absolute Gasteiger partial charge is 0.253 e. The lowest BCUT2D eigenvalue weighted by molar-refractivity contribution is 0.0962. The molecule has 1 aliphatic rings. The maximum Gasteiger partial charge on any atom is 0.253 e. The monoisotopic (exact) mass is 352 g/mol. The van der Waals surface area contributed by atoms with Gasteiger partial charge in [0.1, 0.15) is 0 Å². The van der Waals surface area contributed by atoms with Gasteiger partial charge in [-0.2, -0.15) is 4.98 Å². The molecule has 0 saturated carbocycles. The lowest BCUT2D eigenvalue weighted by atomic mass is 9.82. The van der Waals surface area contributed by atoms with Gasteiger partial charge in [-0.15, -0.1) is 5.10 Å². The Morgan fingerprint density at radius 2 is 2.00 bits per heavy atom. The SMILES string of the molecule is CCCSc1nc2nc3c(cn2n1)C(=O)C[C@H](c1ccc(C)cc1)C3. The summed E-state index contributed by atoms with van der Waals surface area (Å²) in [5.41, 5.74) is 3.96. The molecule has 25 heavy (non-hydrogen) atoms. The molecule has 0 unspecified atom stereocenters. The number of benzene rings is 1. The van der Waals surface area contributed by atoms with Crippen LogP contribution in [0.2, 0.25) is 0 Å². The zero-order valence-electron chi connectivity index (χ0n) is 14.4. The summed E-state index contributed by atoms with van der Waals surface area (Å²) in [5.74, 6) is 1.88. The Morgan fingerprint density at radius 3 is 2.76 bits per heavy atom. The zero-order chi connectivity index (χ0) is 17.4. The number of nitrogens with zero attached hydrogens (tertiary/aromatic N) is 4. The summed E-state index contributed by atoms with van der Waals surface area (Å²) in [6.45, 7) is 4.20. The van der Waals surface area contributed by atoms with Crippen molar-refractivity contribution in [3.05, 3.63) is 52.8 Å². The quantitative estimate of drug-likeness (QED) is 0.668. The number of carbonyl (C=O) groups is 1. The highest BCUT2D eigenvalue weighted by Gasteiger charge is 2.28. The first kappa shape index (κ1) is 16.3. The maximum absolute atomic E-state index is 12.7. The molecule has 5 nitrogen and oxygen atoms in total. The molecule has 1 aliphatic carbocycles. The predicted molar refractivity (Wildman–Crippen MR) is 98.4 cm³/mol. The van der Waals surface area contributed by atoms with Crippen molar-refractivity contribution in [3.63, 3.8) is 0 Å². The molecule has 0 fully saturated rings. The number of rotatable bonds is 4. The third kappa shape index (κ3) is 3.18. The van der Waals surface area contributed by atoms with Crippen molar-refractivity contribution in [1.82, 2.24) is 19.6 Å². The number of aromatic nitrogens is 4. The lowest BCUT2D eigenvalue weighted by Gasteiger charge is -2.23. The van der Waals surface area contributed by atoms with Crippen LogP contribution in [0.3, 0.4) is 0 Å². The van der Waals surface area contributed by atoms with Crippen molar-refractivity contribution in [2.75, 3.05) is 5.75 Å².